The molecule has 0 fully saturated rings. The van der Waals surface area contributed by atoms with Gasteiger partial charge in [-0.15, -0.1) is 0 Å². The molecular weight excluding hydrogens is 185 g/mol. The van der Waals surface area contributed by atoms with Crippen molar-refractivity contribution in [2.75, 3.05) is 0 Å². The van der Waals surface area contributed by atoms with Gasteiger partial charge in [0.05, 0.1) is 11.5 Å². The number of carboxylic acids is 1. The summed E-state index contributed by atoms with van der Waals surface area (Å²) in [5.41, 5.74) is 1.63. The summed E-state index contributed by atoms with van der Waals surface area (Å²) >= 11 is 0. The average Bonchev–Trinajstić information content (AvgIpc) is 2.16. The molecule has 2 aromatic rings. The van der Waals surface area contributed by atoms with E-state index in [1.807, 2.05) is 19.1 Å². The van der Waals surface area contributed by atoms with Crippen LogP contribution in [-0.2, 0) is 0 Å². The van der Waals surface area contributed by atoms with Gasteiger partial charge in [-0.3, -0.25) is 4.98 Å². The van der Waals surface area contributed by atoms with E-state index in [9.17, 15) is 9.90 Å². The zero-order chi connectivity index (χ0) is 10.1. The number of nitrogens with zero attached hydrogens (tertiary/aromatic N) is 1. The van der Waals surface area contributed by atoms with Gasteiger partial charge in [-0.1, -0.05) is 18.2 Å². The second-order valence-corrected chi connectivity index (χ2v) is 3.18. The molecule has 0 unspecified atom stereocenters. The summed E-state index contributed by atoms with van der Waals surface area (Å²) in [5.74, 6) is -1.19. The molecule has 2 rings (SSSR count). The molecule has 1 aromatic carbocycles. The van der Waals surface area contributed by atoms with E-state index in [1.54, 1.807) is 12.3 Å². The van der Waals surface area contributed by atoms with Crippen molar-refractivity contribution in [3.63, 3.8) is 0 Å². The second kappa shape index (κ2) is 4.48. The third-order valence-corrected chi connectivity index (χ3v) is 2.07. The zero-order valence-corrected chi connectivity index (χ0v) is 8.65. The molecule has 0 amide bonds. The van der Waals surface area contributed by atoms with Crippen molar-refractivity contribution < 1.29 is 28.8 Å². The summed E-state index contributed by atoms with van der Waals surface area (Å²) in [7, 11) is 0. The number of carboxylic acid groups (broad SMARTS) is 1. The predicted molar refractivity (Wildman–Crippen MR) is 50.8 cm³/mol. The molecule has 1 aromatic heterocycles. The normalized spacial score (nSPS) is 9.67. The molecule has 0 atom stereocenters. The SMILES string of the molecule is Cc1cnc2c(C(=O)[O-])cccc2c1.[Li+]. The van der Waals surface area contributed by atoms with E-state index in [0.717, 1.165) is 10.9 Å². The van der Waals surface area contributed by atoms with Crippen molar-refractivity contribution in [2.24, 2.45) is 0 Å². The van der Waals surface area contributed by atoms with E-state index in [0.29, 0.717) is 5.52 Å². The Bertz CT molecular complexity index is 511. The fourth-order valence-corrected chi connectivity index (χ4v) is 1.44. The minimum atomic E-state index is -1.19. The first kappa shape index (κ1) is 11.8. The Morgan fingerprint density at radius 1 is 1.40 bits per heavy atom. The van der Waals surface area contributed by atoms with Gasteiger partial charge in [0.1, 0.15) is 0 Å². The molecule has 0 saturated heterocycles. The predicted octanol–water partition coefficient (Wildman–Crippen LogP) is -2.09. The van der Waals surface area contributed by atoms with Gasteiger partial charge >= 0.3 is 18.9 Å². The van der Waals surface area contributed by atoms with Crippen molar-refractivity contribution in [3.8, 4) is 0 Å². The zero-order valence-electron chi connectivity index (χ0n) is 8.65. The second-order valence-electron chi connectivity index (χ2n) is 3.18. The van der Waals surface area contributed by atoms with Gasteiger partial charge in [0.2, 0.25) is 0 Å². The number of hydrogen-bond acceptors (Lipinski definition) is 3. The minimum absolute atomic E-state index is 0. The number of fused-ring (bicyclic) bond motifs is 1. The average molecular weight is 193 g/mol. The number of benzene rings is 1. The fourth-order valence-electron chi connectivity index (χ4n) is 1.44. The maximum absolute atomic E-state index is 10.7. The Hall–Kier alpha value is -1.30. The third kappa shape index (κ3) is 2.20. The minimum Gasteiger partial charge on any atom is -0.545 e. The van der Waals surface area contributed by atoms with Gasteiger partial charge in [0, 0.05) is 17.1 Å². The summed E-state index contributed by atoms with van der Waals surface area (Å²) in [5, 5.41) is 11.6. The van der Waals surface area contributed by atoms with Gasteiger partial charge < -0.3 is 9.90 Å². The molecule has 0 aliphatic rings. The van der Waals surface area contributed by atoms with Crippen molar-refractivity contribution in [1.29, 1.82) is 0 Å². The number of carbonyl (C=O) groups excluding carboxylic acids is 1. The molecule has 70 valence electrons. The monoisotopic (exact) mass is 193 g/mol. The number of rotatable bonds is 1. The Balaban J connectivity index is 0.00000112. The molecule has 1 heterocycles. The van der Waals surface area contributed by atoms with Crippen LogP contribution < -0.4 is 24.0 Å². The van der Waals surface area contributed by atoms with Crippen molar-refractivity contribution >= 4 is 16.9 Å². The molecule has 0 aliphatic heterocycles. The fraction of sp³-hybridized carbons (Fsp3) is 0.0909. The molecule has 0 N–H and O–H groups in total. The number of para-hydroxylation sites is 1. The van der Waals surface area contributed by atoms with Crippen LogP contribution in [0.1, 0.15) is 15.9 Å². The Labute approximate surface area is 99.3 Å². The molecular formula is C11H8LiNO2. The first-order valence-corrected chi connectivity index (χ1v) is 4.25. The summed E-state index contributed by atoms with van der Waals surface area (Å²) in [6.07, 6.45) is 1.65. The molecule has 3 nitrogen and oxygen atoms in total. The van der Waals surface area contributed by atoms with Crippen LogP contribution in [-0.4, -0.2) is 11.0 Å². The molecule has 0 spiro atoms. The maximum atomic E-state index is 10.7. The topological polar surface area (TPSA) is 53.0 Å². The van der Waals surface area contributed by atoms with E-state index in [1.165, 1.54) is 6.07 Å². The molecule has 0 radical (unpaired) electrons. The van der Waals surface area contributed by atoms with E-state index >= 15 is 0 Å². The molecule has 0 saturated carbocycles. The third-order valence-electron chi connectivity index (χ3n) is 2.07. The van der Waals surface area contributed by atoms with Crippen LogP contribution in [0.4, 0.5) is 0 Å². The van der Waals surface area contributed by atoms with Crippen LogP contribution in [0.15, 0.2) is 30.5 Å². The van der Waals surface area contributed by atoms with Crippen LogP contribution in [0.3, 0.4) is 0 Å². The van der Waals surface area contributed by atoms with Gasteiger partial charge in [0.15, 0.2) is 0 Å². The van der Waals surface area contributed by atoms with Crippen LogP contribution in [0, 0.1) is 6.92 Å². The Morgan fingerprint density at radius 2 is 2.13 bits per heavy atom. The number of aromatic carboxylic acids is 1. The van der Waals surface area contributed by atoms with Crippen LogP contribution in [0.2, 0.25) is 0 Å². The van der Waals surface area contributed by atoms with Gasteiger partial charge in [-0.05, 0) is 18.6 Å². The van der Waals surface area contributed by atoms with Crippen molar-refractivity contribution in [3.05, 3.63) is 41.6 Å². The van der Waals surface area contributed by atoms with Crippen LogP contribution >= 0.6 is 0 Å². The standard InChI is InChI=1S/C11H9NO2.Li/c1-7-5-8-3-2-4-9(11(13)14)10(8)12-6-7;/h2-6H,1H3,(H,13,14);/q;+1/p-1. The Kier molecular flexibility index (Phi) is 3.51. The smallest absolute Gasteiger partial charge is 0.545 e. The number of carbonyl (C=O) groups is 1. The van der Waals surface area contributed by atoms with Crippen molar-refractivity contribution in [2.45, 2.75) is 6.92 Å². The summed E-state index contributed by atoms with van der Waals surface area (Å²) in [6.45, 7) is 1.91. The Morgan fingerprint density at radius 3 is 2.80 bits per heavy atom. The first-order chi connectivity index (χ1) is 6.68. The maximum Gasteiger partial charge on any atom is 1.00 e. The molecule has 0 bridgehead atoms. The number of aryl methyl sites for hydroxylation is 1. The van der Waals surface area contributed by atoms with E-state index in [-0.39, 0.29) is 24.4 Å². The summed E-state index contributed by atoms with van der Waals surface area (Å²) in [4.78, 5) is 14.8. The van der Waals surface area contributed by atoms with Gasteiger partial charge in [0.25, 0.3) is 0 Å². The van der Waals surface area contributed by atoms with Crippen LogP contribution in [0.5, 0.6) is 0 Å². The number of hydrogen-bond donors (Lipinski definition) is 0. The van der Waals surface area contributed by atoms with Gasteiger partial charge in [-0.2, -0.15) is 0 Å². The summed E-state index contributed by atoms with van der Waals surface area (Å²) in [6, 6.07) is 6.92. The molecule has 4 heteroatoms. The quantitative estimate of drug-likeness (QED) is 0.488. The van der Waals surface area contributed by atoms with E-state index in [4.69, 9.17) is 0 Å². The largest absolute Gasteiger partial charge is 1.00 e. The van der Waals surface area contributed by atoms with E-state index in [2.05, 4.69) is 4.98 Å². The van der Waals surface area contributed by atoms with Gasteiger partial charge in [-0.25, -0.2) is 0 Å². The summed E-state index contributed by atoms with van der Waals surface area (Å²) < 4.78 is 0. The van der Waals surface area contributed by atoms with E-state index < -0.39 is 5.97 Å². The number of aromatic nitrogens is 1. The first-order valence-electron chi connectivity index (χ1n) is 4.25. The number of pyridine rings is 1. The van der Waals surface area contributed by atoms with Crippen LogP contribution in [0.25, 0.3) is 10.9 Å². The molecule has 15 heavy (non-hydrogen) atoms. The molecule has 0 aliphatic carbocycles. The van der Waals surface area contributed by atoms with Crippen molar-refractivity contribution in [1.82, 2.24) is 4.98 Å².